The summed E-state index contributed by atoms with van der Waals surface area (Å²) in [6.07, 6.45) is 0.873. The number of carbonyl (C=O) groups excluding carboxylic acids is 1. The van der Waals surface area contributed by atoms with Crippen LogP contribution in [-0.4, -0.2) is 36.5 Å². The number of likely N-dealkylation sites (tertiary alicyclic amines) is 1. The van der Waals surface area contributed by atoms with Gasteiger partial charge in [0.15, 0.2) is 6.61 Å². The molecule has 1 heterocycles. The van der Waals surface area contributed by atoms with Crippen molar-refractivity contribution in [1.29, 1.82) is 0 Å². The molecule has 5 heteroatoms. The van der Waals surface area contributed by atoms with Crippen molar-refractivity contribution >= 4 is 18.3 Å². The molecule has 2 rings (SSSR count). The average molecular weight is 285 g/mol. The van der Waals surface area contributed by atoms with Gasteiger partial charge in [-0.3, -0.25) is 4.79 Å². The van der Waals surface area contributed by atoms with Crippen LogP contribution in [0.1, 0.15) is 13.3 Å². The molecule has 1 aliphatic heterocycles. The van der Waals surface area contributed by atoms with Gasteiger partial charge >= 0.3 is 0 Å². The maximum Gasteiger partial charge on any atom is 0.260 e. The predicted molar refractivity (Wildman–Crippen MR) is 77.5 cm³/mol. The number of ether oxygens (including phenoxy) is 1. The summed E-state index contributed by atoms with van der Waals surface area (Å²) >= 11 is 0. The molecule has 0 radical (unpaired) electrons. The molecular formula is C14H21ClN2O2. The van der Waals surface area contributed by atoms with Gasteiger partial charge in [0.25, 0.3) is 5.91 Å². The van der Waals surface area contributed by atoms with Crippen LogP contribution in [0.3, 0.4) is 0 Å². The molecule has 2 N–H and O–H groups in total. The number of benzene rings is 1. The van der Waals surface area contributed by atoms with Crippen LogP contribution in [0.4, 0.5) is 0 Å². The summed E-state index contributed by atoms with van der Waals surface area (Å²) in [4.78, 5) is 13.8. The third kappa shape index (κ3) is 4.40. The fraction of sp³-hybridized carbons (Fsp3) is 0.500. The van der Waals surface area contributed by atoms with E-state index in [1.54, 1.807) is 0 Å². The summed E-state index contributed by atoms with van der Waals surface area (Å²) in [6.45, 7) is 3.66. The van der Waals surface area contributed by atoms with Gasteiger partial charge in [0, 0.05) is 19.1 Å². The summed E-state index contributed by atoms with van der Waals surface area (Å²) in [5, 5.41) is 0. The Labute approximate surface area is 120 Å². The quantitative estimate of drug-likeness (QED) is 0.919. The molecule has 1 aliphatic rings. The molecule has 1 amide bonds. The third-order valence-electron chi connectivity index (χ3n) is 3.43. The average Bonchev–Trinajstić information content (AvgIpc) is 2.40. The summed E-state index contributed by atoms with van der Waals surface area (Å²) in [6, 6.07) is 9.61. The summed E-state index contributed by atoms with van der Waals surface area (Å²) < 4.78 is 5.46. The standard InChI is InChI=1S/C14H20N2O2.ClH/c1-11-9-16(8-7-13(11)15)14(17)10-18-12-5-3-2-4-6-12;/h2-6,11,13H,7-10,15H2,1H3;1H. The monoisotopic (exact) mass is 284 g/mol. The third-order valence-corrected chi connectivity index (χ3v) is 3.43. The maximum atomic E-state index is 12.0. The molecule has 2 unspecified atom stereocenters. The van der Waals surface area contributed by atoms with Gasteiger partial charge in [0.1, 0.15) is 5.75 Å². The Hall–Kier alpha value is -1.26. The Bertz CT molecular complexity index is 400. The van der Waals surface area contributed by atoms with Gasteiger partial charge in [0.2, 0.25) is 0 Å². The normalized spacial score (nSPS) is 22.5. The number of nitrogens with zero attached hydrogens (tertiary/aromatic N) is 1. The fourth-order valence-electron chi connectivity index (χ4n) is 2.14. The van der Waals surface area contributed by atoms with E-state index >= 15 is 0 Å². The molecule has 4 nitrogen and oxygen atoms in total. The van der Waals surface area contributed by atoms with Crippen molar-refractivity contribution in [3.63, 3.8) is 0 Å². The molecule has 1 aromatic carbocycles. The number of halogens is 1. The number of hydrogen-bond donors (Lipinski definition) is 1. The molecule has 0 spiro atoms. The molecule has 1 fully saturated rings. The lowest BCUT2D eigenvalue weighted by molar-refractivity contribution is -0.135. The summed E-state index contributed by atoms with van der Waals surface area (Å²) in [5.74, 6) is 1.13. The first-order valence-electron chi connectivity index (χ1n) is 6.38. The zero-order valence-electron chi connectivity index (χ0n) is 11.1. The Balaban J connectivity index is 0.00000180. The van der Waals surface area contributed by atoms with Gasteiger partial charge in [0.05, 0.1) is 0 Å². The van der Waals surface area contributed by atoms with Crippen molar-refractivity contribution in [2.75, 3.05) is 19.7 Å². The van der Waals surface area contributed by atoms with E-state index in [0.29, 0.717) is 5.92 Å². The molecule has 1 saturated heterocycles. The summed E-state index contributed by atoms with van der Waals surface area (Å²) in [7, 11) is 0. The van der Waals surface area contributed by atoms with E-state index in [1.807, 2.05) is 35.2 Å². The van der Waals surface area contributed by atoms with Crippen LogP contribution in [0.25, 0.3) is 0 Å². The van der Waals surface area contributed by atoms with E-state index in [1.165, 1.54) is 0 Å². The van der Waals surface area contributed by atoms with Crippen LogP contribution < -0.4 is 10.5 Å². The van der Waals surface area contributed by atoms with Gasteiger partial charge in [-0.15, -0.1) is 12.4 Å². The van der Waals surface area contributed by atoms with E-state index in [9.17, 15) is 4.79 Å². The first-order valence-corrected chi connectivity index (χ1v) is 6.38. The van der Waals surface area contributed by atoms with Crippen molar-refractivity contribution in [3.8, 4) is 5.75 Å². The minimum atomic E-state index is 0. The van der Waals surface area contributed by atoms with Crippen molar-refractivity contribution in [2.45, 2.75) is 19.4 Å². The highest BCUT2D eigenvalue weighted by atomic mass is 35.5. The molecule has 0 saturated carbocycles. The van der Waals surface area contributed by atoms with E-state index < -0.39 is 0 Å². The van der Waals surface area contributed by atoms with Crippen LogP contribution in [0, 0.1) is 5.92 Å². The Morgan fingerprint density at radius 2 is 2.11 bits per heavy atom. The number of rotatable bonds is 3. The molecule has 2 atom stereocenters. The molecular weight excluding hydrogens is 264 g/mol. The van der Waals surface area contributed by atoms with Gasteiger partial charge < -0.3 is 15.4 Å². The minimum absolute atomic E-state index is 0. The van der Waals surface area contributed by atoms with E-state index in [0.717, 1.165) is 25.3 Å². The van der Waals surface area contributed by atoms with E-state index in [-0.39, 0.29) is 31.0 Å². The first kappa shape index (κ1) is 15.8. The highest BCUT2D eigenvalue weighted by Crippen LogP contribution is 2.15. The zero-order valence-corrected chi connectivity index (χ0v) is 11.9. The highest BCUT2D eigenvalue weighted by molar-refractivity contribution is 5.85. The zero-order chi connectivity index (χ0) is 13.0. The van der Waals surface area contributed by atoms with Gasteiger partial charge in [-0.25, -0.2) is 0 Å². The fourth-order valence-corrected chi connectivity index (χ4v) is 2.14. The molecule has 0 bridgehead atoms. The summed E-state index contributed by atoms with van der Waals surface area (Å²) in [5.41, 5.74) is 5.94. The molecule has 19 heavy (non-hydrogen) atoms. The first-order chi connectivity index (χ1) is 8.66. The van der Waals surface area contributed by atoms with E-state index in [2.05, 4.69) is 6.92 Å². The second-order valence-corrected chi connectivity index (χ2v) is 4.87. The van der Waals surface area contributed by atoms with Crippen molar-refractivity contribution in [1.82, 2.24) is 4.90 Å². The predicted octanol–water partition coefficient (Wildman–Crippen LogP) is 1.68. The molecule has 106 valence electrons. The van der Waals surface area contributed by atoms with Crippen LogP contribution in [0.5, 0.6) is 5.75 Å². The second-order valence-electron chi connectivity index (χ2n) is 4.87. The maximum absolute atomic E-state index is 12.0. The number of amides is 1. The number of carbonyl (C=O) groups is 1. The van der Waals surface area contributed by atoms with Gasteiger partial charge in [-0.1, -0.05) is 25.1 Å². The number of nitrogens with two attached hydrogens (primary N) is 1. The lowest BCUT2D eigenvalue weighted by Gasteiger charge is -2.35. The SMILES string of the molecule is CC1CN(C(=O)COc2ccccc2)CCC1N.Cl. The van der Waals surface area contributed by atoms with Crippen molar-refractivity contribution in [2.24, 2.45) is 11.7 Å². The smallest absolute Gasteiger partial charge is 0.260 e. The van der Waals surface area contributed by atoms with Gasteiger partial charge in [-0.2, -0.15) is 0 Å². The number of para-hydroxylation sites is 1. The van der Waals surface area contributed by atoms with Crippen LogP contribution >= 0.6 is 12.4 Å². The van der Waals surface area contributed by atoms with Gasteiger partial charge in [-0.05, 0) is 24.5 Å². The lowest BCUT2D eigenvalue weighted by Crippen LogP contribution is -2.49. The van der Waals surface area contributed by atoms with Crippen LogP contribution in [-0.2, 0) is 4.79 Å². The number of hydrogen-bond acceptors (Lipinski definition) is 3. The van der Waals surface area contributed by atoms with E-state index in [4.69, 9.17) is 10.5 Å². The Kier molecular flexibility index (Phi) is 6.12. The van der Waals surface area contributed by atoms with Crippen LogP contribution in [0.2, 0.25) is 0 Å². The van der Waals surface area contributed by atoms with Crippen molar-refractivity contribution < 1.29 is 9.53 Å². The second kappa shape index (κ2) is 7.36. The Morgan fingerprint density at radius 3 is 2.74 bits per heavy atom. The lowest BCUT2D eigenvalue weighted by atomic mass is 9.95. The van der Waals surface area contributed by atoms with Crippen LogP contribution in [0.15, 0.2) is 30.3 Å². The largest absolute Gasteiger partial charge is 0.484 e. The number of piperidine rings is 1. The molecule has 1 aromatic rings. The highest BCUT2D eigenvalue weighted by Gasteiger charge is 2.26. The Morgan fingerprint density at radius 1 is 1.42 bits per heavy atom. The topological polar surface area (TPSA) is 55.6 Å². The molecule has 0 aliphatic carbocycles. The van der Waals surface area contributed by atoms with Crippen molar-refractivity contribution in [3.05, 3.63) is 30.3 Å². The minimum Gasteiger partial charge on any atom is -0.484 e. The molecule has 0 aromatic heterocycles.